The predicted octanol–water partition coefficient (Wildman–Crippen LogP) is 0.986. The molecular formula is C3H6Cl2O3S. The minimum atomic E-state index is -2.23. The van der Waals surface area contributed by atoms with E-state index < -0.39 is 16.7 Å². The van der Waals surface area contributed by atoms with Gasteiger partial charge in [-0.25, -0.2) is 0 Å². The molecule has 0 saturated heterocycles. The van der Waals surface area contributed by atoms with E-state index in [1.807, 2.05) is 0 Å². The maximum absolute atomic E-state index is 9.81. The minimum Gasteiger partial charge on any atom is -0.284 e. The van der Waals surface area contributed by atoms with Crippen LogP contribution >= 0.6 is 23.2 Å². The van der Waals surface area contributed by atoms with E-state index in [0.29, 0.717) is 0 Å². The summed E-state index contributed by atoms with van der Waals surface area (Å²) in [5.74, 6) is 0.207. The van der Waals surface area contributed by atoms with Crippen LogP contribution in [0.4, 0.5) is 0 Å². The molecule has 0 saturated carbocycles. The third-order valence-electron chi connectivity index (χ3n) is 0.517. The smallest absolute Gasteiger partial charge is 0.284 e. The van der Waals surface area contributed by atoms with Crippen LogP contribution in [0.1, 0.15) is 0 Å². The second-order valence-electron chi connectivity index (χ2n) is 1.25. The van der Waals surface area contributed by atoms with Crippen molar-refractivity contribution in [3.05, 3.63) is 0 Å². The van der Waals surface area contributed by atoms with Gasteiger partial charge in [0.1, 0.15) is 0 Å². The van der Waals surface area contributed by atoms with Gasteiger partial charge in [0.15, 0.2) is 0 Å². The summed E-state index contributed by atoms with van der Waals surface area (Å²) >= 11 is 8.42. The molecule has 0 aromatic carbocycles. The maximum atomic E-state index is 9.81. The summed E-state index contributed by atoms with van der Waals surface area (Å²) in [5, 5.41) is -0.400. The van der Waals surface area contributed by atoms with Crippen molar-refractivity contribution >= 4 is 34.6 Å². The quantitative estimate of drug-likeness (QED) is 0.534. The Balaban J connectivity index is 3.16. The standard InChI is InChI=1S/C3H6Cl2O3S/c4-1-3(5)2-8-9(6)7/h3H,1-2H2,(H,6,7). The molecule has 2 unspecified atom stereocenters. The molecule has 0 heterocycles. The molecule has 0 amide bonds. The van der Waals surface area contributed by atoms with Crippen molar-refractivity contribution in [2.45, 2.75) is 5.38 Å². The van der Waals surface area contributed by atoms with Crippen LogP contribution < -0.4 is 0 Å². The molecule has 0 aliphatic heterocycles. The number of hydrogen-bond acceptors (Lipinski definition) is 2. The van der Waals surface area contributed by atoms with Crippen LogP contribution in [-0.2, 0) is 15.5 Å². The van der Waals surface area contributed by atoms with Crippen LogP contribution in [0.5, 0.6) is 0 Å². The van der Waals surface area contributed by atoms with Crippen molar-refractivity contribution in [1.29, 1.82) is 0 Å². The first-order valence-electron chi connectivity index (χ1n) is 2.11. The first-order valence-corrected chi connectivity index (χ1v) is 4.11. The lowest BCUT2D eigenvalue weighted by Gasteiger charge is -2.00. The van der Waals surface area contributed by atoms with Crippen molar-refractivity contribution in [1.82, 2.24) is 0 Å². The lowest BCUT2D eigenvalue weighted by atomic mass is 10.5. The van der Waals surface area contributed by atoms with Gasteiger partial charge >= 0.3 is 11.4 Å². The molecule has 56 valence electrons. The van der Waals surface area contributed by atoms with E-state index in [1.54, 1.807) is 0 Å². The van der Waals surface area contributed by atoms with Gasteiger partial charge in [-0.3, -0.25) is 8.74 Å². The molecule has 0 bridgehead atoms. The van der Waals surface area contributed by atoms with Crippen LogP contribution in [0, 0.1) is 0 Å². The molecule has 9 heavy (non-hydrogen) atoms. The molecule has 0 aromatic heterocycles. The fraction of sp³-hybridized carbons (Fsp3) is 1.00. The molecule has 0 fully saturated rings. The molecule has 3 nitrogen and oxygen atoms in total. The summed E-state index contributed by atoms with van der Waals surface area (Å²) in [7, 11) is 0. The fourth-order valence-corrected chi connectivity index (χ4v) is 0.684. The number of hydrogen-bond donors (Lipinski definition) is 1. The molecule has 0 spiro atoms. The summed E-state index contributed by atoms with van der Waals surface area (Å²) in [5.41, 5.74) is 0. The summed E-state index contributed by atoms with van der Waals surface area (Å²) in [6, 6.07) is 0. The Labute approximate surface area is 65.8 Å². The number of alkyl halides is 2. The van der Waals surface area contributed by atoms with Crippen LogP contribution in [0.2, 0.25) is 0 Å². The van der Waals surface area contributed by atoms with Gasteiger partial charge < -0.3 is 0 Å². The molecular weight excluding hydrogens is 187 g/mol. The summed E-state index contributed by atoms with van der Waals surface area (Å²) < 4.78 is 22.1. The molecule has 6 heteroatoms. The van der Waals surface area contributed by atoms with Crippen molar-refractivity contribution in [3.63, 3.8) is 0 Å². The van der Waals surface area contributed by atoms with Gasteiger partial charge in [-0.05, 0) is 0 Å². The lowest BCUT2D eigenvalue weighted by Crippen LogP contribution is -2.11. The van der Waals surface area contributed by atoms with Crippen molar-refractivity contribution in [2.75, 3.05) is 12.5 Å². The number of halogens is 2. The first-order chi connectivity index (χ1) is 4.16. The van der Waals surface area contributed by atoms with E-state index in [2.05, 4.69) is 4.18 Å². The van der Waals surface area contributed by atoms with Gasteiger partial charge in [-0.1, -0.05) is 0 Å². The zero-order valence-corrected chi connectivity index (χ0v) is 6.75. The van der Waals surface area contributed by atoms with Crippen LogP contribution in [0.3, 0.4) is 0 Å². The molecule has 1 N–H and O–H groups in total. The van der Waals surface area contributed by atoms with Crippen LogP contribution in [0.15, 0.2) is 0 Å². The molecule has 0 radical (unpaired) electrons. The highest BCUT2D eigenvalue weighted by atomic mass is 35.5. The van der Waals surface area contributed by atoms with Gasteiger partial charge in [-0.2, -0.15) is 4.21 Å². The first kappa shape index (κ1) is 9.65. The SMILES string of the molecule is O=S(O)OCC(Cl)CCl. The Kier molecular flexibility index (Phi) is 5.83. The molecule has 0 aromatic rings. The second kappa shape index (κ2) is 5.44. The van der Waals surface area contributed by atoms with Crippen LogP contribution in [0.25, 0.3) is 0 Å². The van der Waals surface area contributed by atoms with Crippen molar-refractivity contribution in [2.24, 2.45) is 0 Å². The Morgan fingerprint density at radius 3 is 2.67 bits per heavy atom. The maximum Gasteiger partial charge on any atom is 0.301 e. The summed E-state index contributed by atoms with van der Waals surface area (Å²) in [6.07, 6.45) is 0. The Morgan fingerprint density at radius 1 is 1.78 bits per heavy atom. The van der Waals surface area contributed by atoms with E-state index in [4.69, 9.17) is 27.8 Å². The van der Waals surface area contributed by atoms with Crippen molar-refractivity contribution < 1.29 is 12.9 Å². The highest BCUT2D eigenvalue weighted by Gasteiger charge is 2.03. The Hall–Kier alpha value is 0.650. The highest BCUT2D eigenvalue weighted by molar-refractivity contribution is 7.74. The summed E-state index contributed by atoms with van der Waals surface area (Å²) in [6.45, 7) is -0.00579. The molecule has 0 aliphatic carbocycles. The van der Waals surface area contributed by atoms with Gasteiger partial charge in [0.25, 0.3) is 0 Å². The molecule has 0 rings (SSSR count). The highest BCUT2D eigenvalue weighted by Crippen LogP contribution is 1.99. The Bertz CT molecular complexity index is 99.1. The second-order valence-corrected chi connectivity index (χ2v) is 2.85. The van der Waals surface area contributed by atoms with Crippen molar-refractivity contribution in [3.8, 4) is 0 Å². The number of rotatable bonds is 4. The van der Waals surface area contributed by atoms with Gasteiger partial charge in [-0.15, -0.1) is 23.2 Å². The predicted molar refractivity (Wildman–Crippen MR) is 37.1 cm³/mol. The lowest BCUT2D eigenvalue weighted by molar-refractivity contribution is 0.310. The van der Waals surface area contributed by atoms with E-state index in [1.165, 1.54) is 0 Å². The fourth-order valence-electron chi connectivity index (χ4n) is 0.177. The zero-order chi connectivity index (χ0) is 7.28. The minimum absolute atomic E-state index is 0.00579. The zero-order valence-electron chi connectivity index (χ0n) is 4.42. The largest absolute Gasteiger partial charge is 0.301 e. The van der Waals surface area contributed by atoms with Crippen LogP contribution in [-0.4, -0.2) is 26.6 Å². The molecule has 2 atom stereocenters. The average Bonchev–Trinajstić information content (AvgIpc) is 1.83. The van der Waals surface area contributed by atoms with Gasteiger partial charge in [0.05, 0.1) is 12.0 Å². The monoisotopic (exact) mass is 192 g/mol. The summed E-state index contributed by atoms with van der Waals surface area (Å²) in [4.78, 5) is 0. The average molecular weight is 193 g/mol. The normalized spacial score (nSPS) is 17.2. The topological polar surface area (TPSA) is 46.5 Å². The van der Waals surface area contributed by atoms with E-state index in [0.717, 1.165) is 0 Å². The van der Waals surface area contributed by atoms with Gasteiger partial charge in [0.2, 0.25) is 0 Å². The van der Waals surface area contributed by atoms with E-state index in [9.17, 15) is 4.21 Å². The van der Waals surface area contributed by atoms with E-state index in [-0.39, 0.29) is 12.5 Å². The Morgan fingerprint density at radius 2 is 2.33 bits per heavy atom. The third kappa shape index (κ3) is 6.54. The third-order valence-corrected chi connectivity index (χ3v) is 1.67. The van der Waals surface area contributed by atoms with E-state index >= 15 is 0 Å². The molecule has 0 aliphatic rings. The van der Waals surface area contributed by atoms with Gasteiger partial charge in [0, 0.05) is 5.88 Å².